The summed E-state index contributed by atoms with van der Waals surface area (Å²) in [6.07, 6.45) is -4.68. The predicted molar refractivity (Wildman–Crippen MR) is 82.2 cm³/mol. The number of halogens is 4. The van der Waals surface area contributed by atoms with Gasteiger partial charge in [0.1, 0.15) is 22.6 Å². The van der Waals surface area contributed by atoms with Gasteiger partial charge in [0.25, 0.3) is 0 Å². The van der Waals surface area contributed by atoms with Crippen molar-refractivity contribution in [3.8, 4) is 6.07 Å². The molecule has 2 rings (SSSR count). The highest BCUT2D eigenvalue weighted by Crippen LogP contribution is 2.37. The zero-order chi connectivity index (χ0) is 17.2. The monoisotopic (exact) mass is 339 g/mol. The minimum absolute atomic E-state index is 0.0534. The smallest absolute Gasteiger partial charge is 0.353 e. The largest absolute Gasteiger partial charge is 0.417 e. The van der Waals surface area contributed by atoms with Gasteiger partial charge in [0.2, 0.25) is 0 Å². The Balaban J connectivity index is 2.48. The van der Waals surface area contributed by atoms with Crippen LogP contribution < -0.4 is 4.90 Å². The second-order valence-corrected chi connectivity index (χ2v) is 5.36. The lowest BCUT2D eigenvalue weighted by Crippen LogP contribution is -2.24. The molecule has 0 bridgehead atoms. The fourth-order valence-electron chi connectivity index (χ4n) is 2.17. The fraction of sp³-hybridized carbons (Fsp3) is 0.250. The summed E-state index contributed by atoms with van der Waals surface area (Å²) >= 11 is 5.78. The van der Waals surface area contributed by atoms with Crippen LogP contribution in [0.1, 0.15) is 29.7 Å². The van der Waals surface area contributed by atoms with E-state index in [-0.39, 0.29) is 11.9 Å². The van der Waals surface area contributed by atoms with Crippen LogP contribution in [0.3, 0.4) is 0 Å². The van der Waals surface area contributed by atoms with Crippen LogP contribution in [0.15, 0.2) is 36.4 Å². The highest BCUT2D eigenvalue weighted by atomic mass is 35.5. The second kappa shape index (κ2) is 6.47. The summed E-state index contributed by atoms with van der Waals surface area (Å²) in [5.74, 6) is 0.0534. The van der Waals surface area contributed by atoms with E-state index in [9.17, 15) is 13.2 Å². The molecule has 0 aliphatic carbocycles. The van der Waals surface area contributed by atoms with Crippen LogP contribution in [0.5, 0.6) is 0 Å². The first-order valence-corrected chi connectivity index (χ1v) is 7.09. The van der Waals surface area contributed by atoms with E-state index in [0.29, 0.717) is 0 Å². The number of anilines is 1. The molecule has 0 unspecified atom stereocenters. The summed E-state index contributed by atoms with van der Waals surface area (Å²) in [5, 5.41) is 8.44. The molecule has 1 aromatic heterocycles. The Morgan fingerprint density at radius 3 is 2.39 bits per heavy atom. The van der Waals surface area contributed by atoms with E-state index >= 15 is 0 Å². The number of hydrogen-bond acceptors (Lipinski definition) is 3. The standard InChI is InChI=1S/C16H13ClF3N3/c1-10(11-6-4-3-5-7-11)23(2)14-8-13(16(18,19)20)12(9-21)15(17)22-14/h3-8,10H,1-2H3/t10-/m1/s1. The number of alkyl halides is 3. The number of hydrogen-bond donors (Lipinski definition) is 0. The Morgan fingerprint density at radius 2 is 1.87 bits per heavy atom. The van der Waals surface area contributed by atoms with Gasteiger partial charge in [0, 0.05) is 7.05 Å². The van der Waals surface area contributed by atoms with Gasteiger partial charge in [0.15, 0.2) is 0 Å². The Hall–Kier alpha value is -2.26. The van der Waals surface area contributed by atoms with E-state index in [1.165, 1.54) is 6.07 Å². The maximum Gasteiger partial charge on any atom is 0.417 e. The van der Waals surface area contributed by atoms with Crippen molar-refractivity contribution in [2.45, 2.75) is 19.1 Å². The van der Waals surface area contributed by atoms with Gasteiger partial charge in [0.05, 0.1) is 11.6 Å². The van der Waals surface area contributed by atoms with Crippen molar-refractivity contribution in [2.75, 3.05) is 11.9 Å². The minimum atomic E-state index is -4.68. The van der Waals surface area contributed by atoms with E-state index in [2.05, 4.69) is 4.98 Å². The molecule has 1 heterocycles. The lowest BCUT2D eigenvalue weighted by Gasteiger charge is -2.27. The second-order valence-electron chi connectivity index (χ2n) is 5.00. The average molecular weight is 340 g/mol. The Bertz CT molecular complexity index is 739. The Labute approximate surface area is 136 Å². The average Bonchev–Trinajstić information content (AvgIpc) is 2.52. The summed E-state index contributed by atoms with van der Waals surface area (Å²) < 4.78 is 39.4. The lowest BCUT2D eigenvalue weighted by molar-refractivity contribution is -0.137. The van der Waals surface area contributed by atoms with Gasteiger partial charge in [-0.05, 0) is 18.6 Å². The third-order valence-electron chi connectivity index (χ3n) is 3.60. The van der Waals surface area contributed by atoms with E-state index in [1.807, 2.05) is 37.3 Å². The number of aromatic nitrogens is 1. The topological polar surface area (TPSA) is 39.9 Å². The van der Waals surface area contributed by atoms with Crippen LogP contribution in [0.25, 0.3) is 0 Å². The summed E-state index contributed by atoms with van der Waals surface area (Å²) in [6, 6.07) is 11.4. The van der Waals surface area contributed by atoms with Crippen molar-refractivity contribution in [2.24, 2.45) is 0 Å². The molecule has 2 aromatic rings. The molecular weight excluding hydrogens is 327 g/mol. The van der Waals surface area contributed by atoms with Crippen molar-refractivity contribution in [3.63, 3.8) is 0 Å². The van der Waals surface area contributed by atoms with Gasteiger partial charge in [-0.2, -0.15) is 18.4 Å². The summed E-state index contributed by atoms with van der Waals surface area (Å²) in [6.45, 7) is 1.84. The van der Waals surface area contributed by atoms with Crippen LogP contribution in [0.2, 0.25) is 5.15 Å². The Kier molecular flexibility index (Phi) is 4.81. The van der Waals surface area contributed by atoms with Gasteiger partial charge < -0.3 is 4.90 Å². The molecule has 0 amide bonds. The molecule has 3 nitrogen and oxygen atoms in total. The van der Waals surface area contributed by atoms with Crippen molar-refractivity contribution in [1.29, 1.82) is 5.26 Å². The van der Waals surface area contributed by atoms with Crippen LogP contribution in [-0.2, 0) is 6.18 Å². The third-order valence-corrected chi connectivity index (χ3v) is 3.88. The normalized spacial score (nSPS) is 12.6. The van der Waals surface area contributed by atoms with E-state index in [1.54, 1.807) is 11.9 Å². The molecule has 0 N–H and O–H groups in total. The van der Waals surface area contributed by atoms with Gasteiger partial charge in [-0.1, -0.05) is 41.9 Å². The SMILES string of the molecule is C[C@H](c1ccccc1)N(C)c1cc(C(F)(F)F)c(C#N)c(Cl)n1. The minimum Gasteiger partial charge on any atom is -0.353 e. The van der Waals surface area contributed by atoms with Gasteiger partial charge in [-0.25, -0.2) is 4.98 Å². The third kappa shape index (κ3) is 3.57. The van der Waals surface area contributed by atoms with E-state index in [4.69, 9.17) is 16.9 Å². The molecule has 0 saturated carbocycles. The predicted octanol–water partition coefficient (Wildman–Crippen LogP) is 4.82. The highest BCUT2D eigenvalue weighted by molar-refractivity contribution is 6.30. The fourth-order valence-corrected chi connectivity index (χ4v) is 2.40. The maximum atomic E-state index is 13.1. The number of benzene rings is 1. The molecule has 1 aromatic carbocycles. The molecule has 0 radical (unpaired) electrons. The van der Waals surface area contributed by atoms with Crippen LogP contribution in [-0.4, -0.2) is 12.0 Å². The first-order chi connectivity index (χ1) is 10.8. The van der Waals surface area contributed by atoms with Crippen molar-refractivity contribution in [3.05, 3.63) is 58.2 Å². The summed E-state index contributed by atoms with van der Waals surface area (Å²) in [4.78, 5) is 5.51. The van der Waals surface area contributed by atoms with E-state index < -0.39 is 22.5 Å². The van der Waals surface area contributed by atoms with Gasteiger partial charge >= 0.3 is 6.18 Å². The molecule has 7 heteroatoms. The Morgan fingerprint density at radius 1 is 1.26 bits per heavy atom. The van der Waals surface area contributed by atoms with Gasteiger partial charge in [-0.3, -0.25) is 0 Å². The summed E-state index contributed by atoms with van der Waals surface area (Å²) in [5.41, 5.74) is -0.823. The molecule has 0 aliphatic heterocycles. The quantitative estimate of drug-likeness (QED) is 0.752. The van der Waals surface area contributed by atoms with Crippen LogP contribution >= 0.6 is 11.6 Å². The van der Waals surface area contributed by atoms with Gasteiger partial charge in [-0.15, -0.1) is 0 Å². The van der Waals surface area contributed by atoms with Crippen molar-refractivity contribution >= 4 is 17.4 Å². The summed E-state index contributed by atoms with van der Waals surface area (Å²) in [7, 11) is 1.63. The van der Waals surface area contributed by atoms with Crippen molar-refractivity contribution in [1.82, 2.24) is 4.98 Å². The molecule has 0 saturated heterocycles. The van der Waals surface area contributed by atoms with Crippen LogP contribution in [0.4, 0.5) is 19.0 Å². The molecule has 0 spiro atoms. The first-order valence-electron chi connectivity index (χ1n) is 6.71. The van der Waals surface area contributed by atoms with Crippen LogP contribution in [0, 0.1) is 11.3 Å². The number of rotatable bonds is 3. The molecule has 0 fully saturated rings. The van der Waals surface area contributed by atoms with E-state index in [0.717, 1.165) is 11.6 Å². The molecular formula is C16H13ClF3N3. The molecule has 0 aliphatic rings. The van der Waals surface area contributed by atoms with Crippen molar-refractivity contribution < 1.29 is 13.2 Å². The molecule has 23 heavy (non-hydrogen) atoms. The maximum absolute atomic E-state index is 13.1. The number of nitriles is 1. The first kappa shape index (κ1) is 17.1. The number of pyridine rings is 1. The molecule has 120 valence electrons. The number of nitrogens with zero attached hydrogens (tertiary/aromatic N) is 3. The zero-order valence-corrected chi connectivity index (χ0v) is 13.2. The molecule has 1 atom stereocenters. The lowest BCUT2D eigenvalue weighted by atomic mass is 10.1. The highest BCUT2D eigenvalue weighted by Gasteiger charge is 2.36. The zero-order valence-electron chi connectivity index (χ0n) is 12.4.